The largest absolute Gasteiger partial charge is 0.367 e. The standard InChI is InChI=1S/C13H16N4O/c1-9-13(15-8-7-14-10(2)18)17-12-6-4-3-5-11(12)16-9/h3-6H,7-8H2,1-2H3,(H,14,18)(H,15,17). The van der Waals surface area contributed by atoms with Crippen molar-refractivity contribution in [2.24, 2.45) is 0 Å². The molecule has 1 aromatic carbocycles. The molecule has 1 aromatic heterocycles. The number of carbonyl (C=O) groups is 1. The molecular formula is C13H16N4O. The molecule has 0 saturated heterocycles. The summed E-state index contributed by atoms with van der Waals surface area (Å²) < 4.78 is 0. The van der Waals surface area contributed by atoms with E-state index in [0.717, 1.165) is 22.5 Å². The van der Waals surface area contributed by atoms with Gasteiger partial charge in [0.05, 0.1) is 16.7 Å². The minimum absolute atomic E-state index is 0.0295. The minimum Gasteiger partial charge on any atom is -0.367 e. The Morgan fingerprint density at radius 1 is 1.17 bits per heavy atom. The number of amides is 1. The molecule has 94 valence electrons. The van der Waals surface area contributed by atoms with Crippen LogP contribution in [0.25, 0.3) is 11.0 Å². The zero-order valence-corrected chi connectivity index (χ0v) is 10.5. The Morgan fingerprint density at radius 2 is 1.83 bits per heavy atom. The van der Waals surface area contributed by atoms with E-state index in [1.54, 1.807) is 0 Å². The first-order valence-corrected chi connectivity index (χ1v) is 5.88. The predicted octanol–water partition coefficient (Wildman–Crippen LogP) is 1.49. The van der Waals surface area contributed by atoms with Gasteiger partial charge >= 0.3 is 0 Å². The molecule has 1 amide bonds. The van der Waals surface area contributed by atoms with Gasteiger partial charge in [-0.15, -0.1) is 0 Å². The summed E-state index contributed by atoms with van der Waals surface area (Å²) in [5.74, 6) is 0.733. The number of rotatable bonds is 4. The molecular weight excluding hydrogens is 228 g/mol. The number of carbonyl (C=O) groups excluding carboxylic acids is 1. The zero-order valence-electron chi connectivity index (χ0n) is 10.5. The van der Waals surface area contributed by atoms with E-state index >= 15 is 0 Å². The zero-order chi connectivity index (χ0) is 13.0. The van der Waals surface area contributed by atoms with E-state index < -0.39 is 0 Å². The van der Waals surface area contributed by atoms with Crippen molar-refractivity contribution in [1.29, 1.82) is 0 Å². The summed E-state index contributed by atoms with van der Waals surface area (Å²) in [6.45, 7) is 4.62. The molecule has 0 aliphatic heterocycles. The summed E-state index contributed by atoms with van der Waals surface area (Å²) >= 11 is 0. The number of aromatic nitrogens is 2. The lowest BCUT2D eigenvalue weighted by molar-refractivity contribution is -0.118. The summed E-state index contributed by atoms with van der Waals surface area (Å²) in [6, 6.07) is 7.75. The Hall–Kier alpha value is -2.17. The van der Waals surface area contributed by atoms with Gasteiger partial charge in [0.15, 0.2) is 0 Å². The van der Waals surface area contributed by atoms with Crippen LogP contribution in [0.5, 0.6) is 0 Å². The second kappa shape index (κ2) is 5.44. The summed E-state index contributed by atoms with van der Waals surface area (Å²) in [4.78, 5) is 19.7. The van der Waals surface area contributed by atoms with Gasteiger partial charge in [0.1, 0.15) is 5.82 Å². The lowest BCUT2D eigenvalue weighted by atomic mass is 10.3. The van der Waals surface area contributed by atoms with Gasteiger partial charge in [-0.05, 0) is 19.1 Å². The molecule has 0 bridgehead atoms. The van der Waals surface area contributed by atoms with Gasteiger partial charge in [-0.3, -0.25) is 4.79 Å². The van der Waals surface area contributed by atoms with E-state index in [2.05, 4.69) is 20.6 Å². The van der Waals surface area contributed by atoms with E-state index in [9.17, 15) is 4.79 Å². The summed E-state index contributed by atoms with van der Waals surface area (Å²) in [6.07, 6.45) is 0. The van der Waals surface area contributed by atoms with Gasteiger partial charge in [-0.2, -0.15) is 0 Å². The topological polar surface area (TPSA) is 66.9 Å². The summed E-state index contributed by atoms with van der Waals surface area (Å²) in [7, 11) is 0. The molecule has 0 saturated carbocycles. The summed E-state index contributed by atoms with van der Waals surface area (Å²) in [5, 5.41) is 5.89. The van der Waals surface area contributed by atoms with Crippen molar-refractivity contribution in [1.82, 2.24) is 15.3 Å². The van der Waals surface area contributed by atoms with Crippen molar-refractivity contribution in [3.63, 3.8) is 0 Å². The van der Waals surface area contributed by atoms with Gasteiger partial charge in [0.2, 0.25) is 5.91 Å². The second-order valence-electron chi connectivity index (χ2n) is 4.06. The highest BCUT2D eigenvalue weighted by Gasteiger charge is 2.03. The van der Waals surface area contributed by atoms with Crippen LogP contribution in [-0.4, -0.2) is 29.0 Å². The van der Waals surface area contributed by atoms with E-state index in [4.69, 9.17) is 0 Å². The third kappa shape index (κ3) is 2.94. The Bertz CT molecular complexity index is 568. The number of benzene rings is 1. The van der Waals surface area contributed by atoms with Crippen molar-refractivity contribution < 1.29 is 4.79 Å². The Labute approximate surface area is 106 Å². The molecule has 0 spiro atoms. The molecule has 0 aliphatic rings. The van der Waals surface area contributed by atoms with Crippen LogP contribution in [0.2, 0.25) is 0 Å². The van der Waals surface area contributed by atoms with Gasteiger partial charge in [0.25, 0.3) is 0 Å². The maximum Gasteiger partial charge on any atom is 0.216 e. The molecule has 5 nitrogen and oxygen atoms in total. The number of para-hydroxylation sites is 2. The fourth-order valence-electron chi connectivity index (χ4n) is 1.68. The van der Waals surface area contributed by atoms with Crippen LogP contribution >= 0.6 is 0 Å². The highest BCUT2D eigenvalue weighted by Crippen LogP contribution is 2.15. The maximum atomic E-state index is 10.7. The van der Waals surface area contributed by atoms with Crippen LogP contribution in [-0.2, 0) is 4.79 Å². The second-order valence-corrected chi connectivity index (χ2v) is 4.06. The summed E-state index contributed by atoms with van der Waals surface area (Å²) in [5.41, 5.74) is 2.61. The van der Waals surface area contributed by atoms with Crippen molar-refractivity contribution in [3.05, 3.63) is 30.0 Å². The number of nitrogens with zero attached hydrogens (tertiary/aromatic N) is 2. The number of aryl methyl sites for hydroxylation is 1. The van der Waals surface area contributed by atoms with Gasteiger partial charge in [0, 0.05) is 20.0 Å². The molecule has 5 heteroatoms. The minimum atomic E-state index is -0.0295. The smallest absolute Gasteiger partial charge is 0.216 e. The van der Waals surface area contributed by atoms with Crippen LogP contribution < -0.4 is 10.6 Å². The van der Waals surface area contributed by atoms with Crippen molar-refractivity contribution in [3.8, 4) is 0 Å². The monoisotopic (exact) mass is 244 g/mol. The van der Waals surface area contributed by atoms with Crippen LogP contribution in [0.1, 0.15) is 12.6 Å². The fraction of sp³-hybridized carbons (Fsp3) is 0.308. The molecule has 0 unspecified atom stereocenters. The normalized spacial score (nSPS) is 10.3. The van der Waals surface area contributed by atoms with Gasteiger partial charge < -0.3 is 10.6 Å². The number of fused-ring (bicyclic) bond motifs is 1. The van der Waals surface area contributed by atoms with Crippen LogP contribution in [0.3, 0.4) is 0 Å². The average molecular weight is 244 g/mol. The molecule has 18 heavy (non-hydrogen) atoms. The first-order chi connectivity index (χ1) is 8.66. The highest BCUT2D eigenvalue weighted by molar-refractivity contribution is 5.76. The lowest BCUT2D eigenvalue weighted by Gasteiger charge is -2.09. The quantitative estimate of drug-likeness (QED) is 0.800. The number of hydrogen-bond acceptors (Lipinski definition) is 4. The van der Waals surface area contributed by atoms with E-state index in [1.807, 2.05) is 31.2 Å². The number of hydrogen-bond donors (Lipinski definition) is 2. The lowest BCUT2D eigenvalue weighted by Crippen LogP contribution is -2.26. The molecule has 0 fully saturated rings. The fourth-order valence-corrected chi connectivity index (χ4v) is 1.68. The molecule has 2 rings (SSSR count). The first kappa shape index (κ1) is 12.3. The van der Waals surface area contributed by atoms with Crippen molar-refractivity contribution in [2.45, 2.75) is 13.8 Å². The van der Waals surface area contributed by atoms with E-state index in [0.29, 0.717) is 13.1 Å². The average Bonchev–Trinajstić information content (AvgIpc) is 2.34. The van der Waals surface area contributed by atoms with Crippen molar-refractivity contribution >= 4 is 22.8 Å². The number of nitrogens with one attached hydrogen (secondary N) is 2. The highest BCUT2D eigenvalue weighted by atomic mass is 16.1. The predicted molar refractivity (Wildman–Crippen MR) is 71.4 cm³/mol. The Balaban J connectivity index is 2.08. The Kier molecular flexibility index (Phi) is 3.72. The third-order valence-corrected chi connectivity index (χ3v) is 2.54. The molecule has 0 radical (unpaired) electrons. The van der Waals surface area contributed by atoms with E-state index in [-0.39, 0.29) is 5.91 Å². The van der Waals surface area contributed by atoms with Crippen LogP contribution in [0.15, 0.2) is 24.3 Å². The van der Waals surface area contributed by atoms with Crippen LogP contribution in [0.4, 0.5) is 5.82 Å². The molecule has 2 aromatic rings. The SMILES string of the molecule is CC(=O)NCCNc1nc2ccccc2nc1C. The molecule has 2 N–H and O–H groups in total. The molecule has 1 heterocycles. The number of anilines is 1. The Morgan fingerprint density at radius 3 is 2.50 bits per heavy atom. The van der Waals surface area contributed by atoms with Gasteiger partial charge in [-0.25, -0.2) is 9.97 Å². The third-order valence-electron chi connectivity index (χ3n) is 2.54. The molecule has 0 aliphatic carbocycles. The molecule has 0 atom stereocenters. The van der Waals surface area contributed by atoms with Crippen LogP contribution in [0, 0.1) is 6.92 Å². The first-order valence-electron chi connectivity index (χ1n) is 5.88. The van der Waals surface area contributed by atoms with Crippen molar-refractivity contribution in [2.75, 3.05) is 18.4 Å². The van der Waals surface area contributed by atoms with Gasteiger partial charge in [-0.1, -0.05) is 12.1 Å². The van der Waals surface area contributed by atoms with E-state index in [1.165, 1.54) is 6.92 Å². The maximum absolute atomic E-state index is 10.7.